The highest BCUT2D eigenvalue weighted by Crippen LogP contribution is 2.22. The summed E-state index contributed by atoms with van der Waals surface area (Å²) in [4.78, 5) is 0. The number of oxime groups is 1. The van der Waals surface area contributed by atoms with Crippen molar-refractivity contribution in [3.8, 4) is 5.75 Å². The normalized spacial score (nSPS) is 12.5. The van der Waals surface area contributed by atoms with Crippen molar-refractivity contribution in [3.63, 3.8) is 0 Å². The van der Waals surface area contributed by atoms with Crippen molar-refractivity contribution < 1.29 is 9.94 Å². The van der Waals surface area contributed by atoms with Crippen LogP contribution in [0.3, 0.4) is 0 Å². The van der Waals surface area contributed by atoms with Gasteiger partial charge in [-0.1, -0.05) is 36.7 Å². The molecule has 1 aromatic carbocycles. The summed E-state index contributed by atoms with van der Waals surface area (Å²) >= 11 is 0. The number of hydrogen-bond donors (Lipinski definition) is 2. The molecule has 0 saturated heterocycles. The van der Waals surface area contributed by atoms with Gasteiger partial charge in [-0.3, -0.25) is 0 Å². The molecule has 1 rings (SSSR count). The SMILES string of the molecule is Cc1ccc(OCCCC(C)(C)C(N)=NO)cc1. The third-order valence-electron chi connectivity index (χ3n) is 3.04. The first-order valence-electron chi connectivity index (χ1n) is 6.13. The first-order chi connectivity index (χ1) is 8.45. The van der Waals surface area contributed by atoms with Gasteiger partial charge in [0.1, 0.15) is 11.6 Å². The molecular formula is C14H22N2O2. The fourth-order valence-corrected chi connectivity index (χ4v) is 1.60. The summed E-state index contributed by atoms with van der Waals surface area (Å²) in [5, 5.41) is 11.7. The molecule has 0 radical (unpaired) electrons. The van der Waals surface area contributed by atoms with Crippen molar-refractivity contribution >= 4 is 5.84 Å². The second-order valence-electron chi connectivity index (χ2n) is 5.13. The van der Waals surface area contributed by atoms with Crippen molar-refractivity contribution in [2.45, 2.75) is 33.6 Å². The van der Waals surface area contributed by atoms with Gasteiger partial charge < -0.3 is 15.7 Å². The van der Waals surface area contributed by atoms with Crippen LogP contribution in [0.5, 0.6) is 5.75 Å². The number of hydrogen-bond acceptors (Lipinski definition) is 3. The van der Waals surface area contributed by atoms with Crippen LogP contribution in [0.25, 0.3) is 0 Å². The lowest BCUT2D eigenvalue weighted by atomic mass is 9.87. The minimum atomic E-state index is -0.300. The molecule has 1 aromatic rings. The van der Waals surface area contributed by atoms with E-state index in [4.69, 9.17) is 15.7 Å². The molecule has 0 aromatic heterocycles. The van der Waals surface area contributed by atoms with E-state index in [9.17, 15) is 0 Å². The largest absolute Gasteiger partial charge is 0.494 e. The van der Waals surface area contributed by atoms with Crippen LogP contribution < -0.4 is 10.5 Å². The van der Waals surface area contributed by atoms with E-state index in [0.29, 0.717) is 6.61 Å². The fourth-order valence-electron chi connectivity index (χ4n) is 1.60. The summed E-state index contributed by atoms with van der Waals surface area (Å²) in [6, 6.07) is 7.97. The smallest absolute Gasteiger partial charge is 0.144 e. The maximum atomic E-state index is 8.66. The lowest BCUT2D eigenvalue weighted by Crippen LogP contribution is -2.32. The third-order valence-corrected chi connectivity index (χ3v) is 3.04. The van der Waals surface area contributed by atoms with E-state index in [-0.39, 0.29) is 11.3 Å². The summed E-state index contributed by atoms with van der Waals surface area (Å²) in [6.45, 7) is 6.58. The Labute approximate surface area is 108 Å². The van der Waals surface area contributed by atoms with Crippen molar-refractivity contribution in [1.29, 1.82) is 0 Å². The van der Waals surface area contributed by atoms with Gasteiger partial charge in [0, 0.05) is 5.41 Å². The highest BCUT2D eigenvalue weighted by Gasteiger charge is 2.22. The van der Waals surface area contributed by atoms with Crippen molar-refractivity contribution in [2.24, 2.45) is 16.3 Å². The molecule has 4 nitrogen and oxygen atoms in total. The highest BCUT2D eigenvalue weighted by atomic mass is 16.5. The van der Waals surface area contributed by atoms with E-state index in [1.807, 2.05) is 45.0 Å². The van der Waals surface area contributed by atoms with E-state index in [2.05, 4.69) is 5.16 Å². The van der Waals surface area contributed by atoms with Crippen LogP contribution in [0.15, 0.2) is 29.4 Å². The summed E-state index contributed by atoms with van der Waals surface area (Å²) < 4.78 is 5.63. The molecular weight excluding hydrogens is 228 g/mol. The molecule has 0 saturated carbocycles. The maximum absolute atomic E-state index is 8.66. The number of benzene rings is 1. The van der Waals surface area contributed by atoms with E-state index < -0.39 is 0 Å². The van der Waals surface area contributed by atoms with Crippen molar-refractivity contribution in [3.05, 3.63) is 29.8 Å². The molecule has 18 heavy (non-hydrogen) atoms. The third kappa shape index (κ3) is 4.28. The Hall–Kier alpha value is -1.71. The van der Waals surface area contributed by atoms with Gasteiger partial charge >= 0.3 is 0 Å². The van der Waals surface area contributed by atoms with Gasteiger partial charge in [0.15, 0.2) is 0 Å². The average molecular weight is 250 g/mol. The number of ether oxygens (including phenoxy) is 1. The quantitative estimate of drug-likeness (QED) is 0.268. The van der Waals surface area contributed by atoms with Crippen LogP contribution >= 0.6 is 0 Å². The maximum Gasteiger partial charge on any atom is 0.144 e. The molecule has 100 valence electrons. The van der Waals surface area contributed by atoms with E-state index >= 15 is 0 Å². The van der Waals surface area contributed by atoms with Gasteiger partial charge in [-0.2, -0.15) is 0 Å². The number of nitrogens with two attached hydrogens (primary N) is 1. The Morgan fingerprint density at radius 1 is 1.33 bits per heavy atom. The fraction of sp³-hybridized carbons (Fsp3) is 0.500. The summed E-state index contributed by atoms with van der Waals surface area (Å²) in [5.74, 6) is 1.14. The molecule has 0 fully saturated rings. The lowest BCUT2D eigenvalue weighted by molar-refractivity contribution is 0.277. The number of aryl methyl sites for hydroxylation is 1. The first-order valence-corrected chi connectivity index (χ1v) is 6.13. The molecule has 0 bridgehead atoms. The Bertz CT molecular complexity index is 397. The lowest BCUT2D eigenvalue weighted by Gasteiger charge is -2.22. The zero-order valence-electron chi connectivity index (χ0n) is 11.3. The number of rotatable bonds is 6. The Morgan fingerprint density at radius 2 is 1.94 bits per heavy atom. The molecule has 0 aliphatic heterocycles. The molecule has 0 spiro atoms. The Morgan fingerprint density at radius 3 is 2.50 bits per heavy atom. The molecule has 3 N–H and O–H groups in total. The highest BCUT2D eigenvalue weighted by molar-refractivity contribution is 5.85. The second kappa shape index (κ2) is 6.28. The summed E-state index contributed by atoms with van der Waals surface area (Å²) in [7, 11) is 0. The monoisotopic (exact) mass is 250 g/mol. The first kappa shape index (κ1) is 14.4. The van der Waals surface area contributed by atoms with Crippen LogP contribution in [0.1, 0.15) is 32.3 Å². The number of amidine groups is 1. The predicted octanol–water partition coefficient (Wildman–Crippen LogP) is 2.93. The molecule has 0 heterocycles. The summed E-state index contributed by atoms with van der Waals surface area (Å²) in [6.07, 6.45) is 1.67. The van der Waals surface area contributed by atoms with Crippen molar-refractivity contribution in [2.75, 3.05) is 6.61 Å². The zero-order chi connectivity index (χ0) is 13.6. The Balaban J connectivity index is 2.33. The topological polar surface area (TPSA) is 67.8 Å². The van der Waals surface area contributed by atoms with Gasteiger partial charge in [-0.05, 0) is 31.9 Å². The average Bonchev–Trinajstić information content (AvgIpc) is 2.35. The van der Waals surface area contributed by atoms with Gasteiger partial charge in [-0.25, -0.2) is 0 Å². The van der Waals surface area contributed by atoms with Gasteiger partial charge in [0.05, 0.1) is 6.61 Å². The van der Waals surface area contributed by atoms with Crippen LogP contribution in [-0.2, 0) is 0 Å². The van der Waals surface area contributed by atoms with Gasteiger partial charge in [0.25, 0.3) is 0 Å². The minimum Gasteiger partial charge on any atom is -0.494 e. The van der Waals surface area contributed by atoms with E-state index in [1.165, 1.54) is 5.56 Å². The molecule has 0 amide bonds. The van der Waals surface area contributed by atoms with Gasteiger partial charge in [-0.15, -0.1) is 0 Å². The van der Waals surface area contributed by atoms with Crippen LogP contribution in [0, 0.1) is 12.3 Å². The Kier molecular flexibility index (Phi) is 5.01. The van der Waals surface area contributed by atoms with Gasteiger partial charge in [0.2, 0.25) is 0 Å². The second-order valence-corrected chi connectivity index (χ2v) is 5.13. The summed E-state index contributed by atoms with van der Waals surface area (Å²) in [5.41, 5.74) is 6.54. The molecule has 0 aliphatic rings. The van der Waals surface area contributed by atoms with Crippen molar-refractivity contribution in [1.82, 2.24) is 0 Å². The number of nitrogens with zero attached hydrogens (tertiary/aromatic N) is 1. The minimum absolute atomic E-state index is 0.262. The molecule has 0 unspecified atom stereocenters. The molecule has 4 heteroatoms. The van der Waals surface area contributed by atoms with Crippen LogP contribution in [-0.4, -0.2) is 17.6 Å². The predicted molar refractivity (Wildman–Crippen MR) is 73.1 cm³/mol. The van der Waals surface area contributed by atoms with E-state index in [1.54, 1.807) is 0 Å². The van der Waals surface area contributed by atoms with Crippen LogP contribution in [0.2, 0.25) is 0 Å². The van der Waals surface area contributed by atoms with E-state index in [0.717, 1.165) is 18.6 Å². The van der Waals surface area contributed by atoms with Crippen LogP contribution in [0.4, 0.5) is 0 Å². The zero-order valence-corrected chi connectivity index (χ0v) is 11.3. The molecule has 0 atom stereocenters. The molecule has 0 aliphatic carbocycles. The standard InChI is InChI=1S/C14H22N2O2/c1-11-5-7-12(8-6-11)18-10-4-9-14(2,3)13(15)16-17/h5-8,17H,4,9-10H2,1-3H3,(H2,15,16).